The lowest BCUT2D eigenvalue weighted by Crippen LogP contribution is -2.48. The summed E-state index contributed by atoms with van der Waals surface area (Å²) in [5.74, 6) is 0. The van der Waals surface area contributed by atoms with Crippen LogP contribution in [0.5, 0.6) is 0 Å². The fraction of sp³-hybridized carbons (Fsp3) is 1.00. The van der Waals surface area contributed by atoms with Crippen molar-refractivity contribution in [3.05, 3.63) is 0 Å². The number of morpholine rings is 1. The Morgan fingerprint density at radius 3 is 2.62 bits per heavy atom. The Bertz CT molecular complexity index is 194. The van der Waals surface area contributed by atoms with Crippen LogP contribution >= 0.6 is 0 Å². The van der Waals surface area contributed by atoms with Crippen molar-refractivity contribution in [2.75, 3.05) is 26.3 Å². The summed E-state index contributed by atoms with van der Waals surface area (Å²) in [4.78, 5) is 2.68. The summed E-state index contributed by atoms with van der Waals surface area (Å²) in [7, 11) is 0. The molecule has 0 aromatic rings. The zero-order chi connectivity index (χ0) is 11.4. The predicted molar refractivity (Wildman–Crippen MR) is 66.7 cm³/mol. The van der Waals surface area contributed by atoms with E-state index in [1.807, 2.05) is 0 Å². The van der Waals surface area contributed by atoms with E-state index in [2.05, 4.69) is 24.1 Å². The van der Waals surface area contributed by atoms with Crippen molar-refractivity contribution in [3.8, 4) is 0 Å². The van der Waals surface area contributed by atoms with Crippen molar-refractivity contribution in [1.29, 1.82) is 0 Å². The minimum absolute atomic E-state index is 0.579. The van der Waals surface area contributed by atoms with E-state index in [0.717, 1.165) is 31.8 Å². The molecule has 3 atom stereocenters. The Morgan fingerprint density at radius 2 is 2.00 bits per heavy atom. The van der Waals surface area contributed by atoms with Crippen LogP contribution in [0.1, 0.15) is 39.5 Å². The molecule has 0 spiro atoms. The van der Waals surface area contributed by atoms with Crippen LogP contribution in [0.2, 0.25) is 0 Å². The number of hydrogen-bond donors (Lipinski definition) is 1. The average molecular weight is 226 g/mol. The first-order chi connectivity index (χ1) is 7.77. The van der Waals surface area contributed by atoms with Crippen LogP contribution in [0.15, 0.2) is 0 Å². The van der Waals surface area contributed by atoms with Gasteiger partial charge in [0, 0.05) is 31.2 Å². The molecule has 2 heterocycles. The highest BCUT2D eigenvalue weighted by Gasteiger charge is 2.25. The van der Waals surface area contributed by atoms with Gasteiger partial charge in [0.15, 0.2) is 0 Å². The third kappa shape index (κ3) is 3.19. The van der Waals surface area contributed by atoms with Crippen LogP contribution in [0.25, 0.3) is 0 Å². The van der Waals surface area contributed by atoms with Gasteiger partial charge < -0.3 is 10.1 Å². The fourth-order valence-electron chi connectivity index (χ4n) is 3.03. The van der Waals surface area contributed by atoms with Gasteiger partial charge in [0.05, 0.1) is 13.2 Å². The lowest BCUT2D eigenvalue weighted by atomic mass is 9.97. The zero-order valence-electron chi connectivity index (χ0n) is 10.7. The lowest BCUT2D eigenvalue weighted by Gasteiger charge is -2.40. The van der Waals surface area contributed by atoms with Crippen molar-refractivity contribution in [2.24, 2.45) is 0 Å². The first-order valence-corrected chi connectivity index (χ1v) is 6.84. The van der Waals surface area contributed by atoms with E-state index < -0.39 is 0 Å². The van der Waals surface area contributed by atoms with Crippen LogP contribution in [0.3, 0.4) is 0 Å². The number of nitrogens with one attached hydrogen (secondary N) is 1. The number of nitrogens with zero attached hydrogens (tertiary/aromatic N) is 1. The topological polar surface area (TPSA) is 24.5 Å². The monoisotopic (exact) mass is 226 g/mol. The Labute approximate surface area is 99.5 Å². The molecule has 2 aliphatic rings. The molecule has 2 aliphatic heterocycles. The summed E-state index contributed by atoms with van der Waals surface area (Å²) >= 11 is 0. The smallest absolute Gasteiger partial charge is 0.0620 e. The minimum Gasteiger partial charge on any atom is -0.379 e. The van der Waals surface area contributed by atoms with Gasteiger partial charge in [-0.25, -0.2) is 0 Å². The van der Waals surface area contributed by atoms with Crippen LogP contribution < -0.4 is 5.32 Å². The number of hydrogen-bond acceptors (Lipinski definition) is 3. The van der Waals surface area contributed by atoms with Crippen molar-refractivity contribution in [3.63, 3.8) is 0 Å². The van der Waals surface area contributed by atoms with Gasteiger partial charge in [-0.1, -0.05) is 6.42 Å². The normalized spacial score (nSPS) is 37.5. The summed E-state index contributed by atoms with van der Waals surface area (Å²) in [6.45, 7) is 8.78. The Hall–Kier alpha value is -0.120. The van der Waals surface area contributed by atoms with Crippen LogP contribution in [-0.4, -0.2) is 49.3 Å². The molecular formula is C13H26N2O. The Morgan fingerprint density at radius 1 is 1.25 bits per heavy atom. The van der Waals surface area contributed by atoms with E-state index in [-0.39, 0.29) is 0 Å². The van der Waals surface area contributed by atoms with E-state index >= 15 is 0 Å². The van der Waals surface area contributed by atoms with E-state index in [1.54, 1.807) is 0 Å². The molecule has 0 aromatic carbocycles. The second-order valence-corrected chi connectivity index (χ2v) is 5.38. The Kier molecular flexibility index (Phi) is 4.62. The second kappa shape index (κ2) is 5.99. The van der Waals surface area contributed by atoms with Crippen LogP contribution in [-0.2, 0) is 4.74 Å². The van der Waals surface area contributed by atoms with E-state index in [4.69, 9.17) is 4.74 Å². The van der Waals surface area contributed by atoms with Gasteiger partial charge >= 0.3 is 0 Å². The SMILES string of the molecule is C[C@@H]1CCC[C@H](C)N1CCC1COCCN1. The van der Waals surface area contributed by atoms with E-state index in [0.29, 0.717) is 6.04 Å². The van der Waals surface area contributed by atoms with Gasteiger partial charge in [-0.05, 0) is 33.1 Å². The summed E-state index contributed by atoms with van der Waals surface area (Å²) < 4.78 is 5.49. The number of piperidine rings is 1. The van der Waals surface area contributed by atoms with E-state index in [1.165, 1.54) is 32.2 Å². The third-order valence-electron chi connectivity index (χ3n) is 4.11. The molecule has 2 fully saturated rings. The molecule has 0 bridgehead atoms. The molecule has 0 saturated carbocycles. The maximum Gasteiger partial charge on any atom is 0.0620 e. The van der Waals surface area contributed by atoms with Crippen molar-refractivity contribution in [1.82, 2.24) is 10.2 Å². The number of likely N-dealkylation sites (tertiary alicyclic amines) is 1. The molecule has 1 N–H and O–H groups in total. The van der Waals surface area contributed by atoms with Gasteiger partial charge in [0.1, 0.15) is 0 Å². The Balaban J connectivity index is 1.74. The first-order valence-electron chi connectivity index (χ1n) is 6.84. The molecule has 0 aliphatic carbocycles. The maximum absolute atomic E-state index is 5.49. The second-order valence-electron chi connectivity index (χ2n) is 5.38. The fourth-order valence-corrected chi connectivity index (χ4v) is 3.03. The molecule has 3 nitrogen and oxygen atoms in total. The highest BCUT2D eigenvalue weighted by atomic mass is 16.5. The first kappa shape index (κ1) is 12.3. The van der Waals surface area contributed by atoms with Gasteiger partial charge in [-0.3, -0.25) is 4.90 Å². The van der Waals surface area contributed by atoms with Crippen molar-refractivity contribution in [2.45, 2.75) is 57.7 Å². The largest absolute Gasteiger partial charge is 0.379 e. The van der Waals surface area contributed by atoms with Crippen molar-refractivity contribution >= 4 is 0 Å². The van der Waals surface area contributed by atoms with Crippen molar-refractivity contribution < 1.29 is 4.74 Å². The molecule has 2 rings (SSSR count). The van der Waals surface area contributed by atoms with Gasteiger partial charge in [0.25, 0.3) is 0 Å². The molecule has 0 radical (unpaired) electrons. The highest BCUT2D eigenvalue weighted by molar-refractivity contribution is 4.81. The van der Waals surface area contributed by atoms with Gasteiger partial charge in [-0.15, -0.1) is 0 Å². The maximum atomic E-state index is 5.49. The average Bonchev–Trinajstić information content (AvgIpc) is 2.30. The van der Waals surface area contributed by atoms with Gasteiger partial charge in [-0.2, -0.15) is 0 Å². The van der Waals surface area contributed by atoms with E-state index in [9.17, 15) is 0 Å². The molecular weight excluding hydrogens is 200 g/mol. The molecule has 0 aromatic heterocycles. The van der Waals surface area contributed by atoms with Crippen LogP contribution in [0.4, 0.5) is 0 Å². The standard InChI is InChI=1S/C13H26N2O/c1-11-4-3-5-12(2)15(11)8-6-13-10-16-9-7-14-13/h11-14H,3-10H2,1-2H3/t11-,12+,13?. The molecule has 2 saturated heterocycles. The molecule has 3 heteroatoms. The molecule has 0 amide bonds. The number of ether oxygens (including phenoxy) is 1. The third-order valence-corrected chi connectivity index (χ3v) is 4.11. The highest BCUT2D eigenvalue weighted by Crippen LogP contribution is 2.22. The summed E-state index contributed by atoms with van der Waals surface area (Å²) in [6, 6.07) is 2.12. The molecule has 94 valence electrons. The molecule has 16 heavy (non-hydrogen) atoms. The van der Waals surface area contributed by atoms with Crippen LogP contribution in [0, 0.1) is 0 Å². The van der Waals surface area contributed by atoms with Gasteiger partial charge in [0.2, 0.25) is 0 Å². The molecule has 1 unspecified atom stereocenters. The lowest BCUT2D eigenvalue weighted by molar-refractivity contribution is 0.0556. The zero-order valence-corrected chi connectivity index (χ0v) is 10.7. The summed E-state index contributed by atoms with van der Waals surface area (Å²) in [6.07, 6.45) is 5.39. The summed E-state index contributed by atoms with van der Waals surface area (Å²) in [5, 5.41) is 3.54. The minimum atomic E-state index is 0.579. The number of rotatable bonds is 3. The summed E-state index contributed by atoms with van der Waals surface area (Å²) in [5.41, 5.74) is 0. The predicted octanol–water partition coefficient (Wildman–Crippen LogP) is 1.63. The quantitative estimate of drug-likeness (QED) is 0.791.